The molecule has 2 aromatic heterocycles. The van der Waals surface area contributed by atoms with Crippen LogP contribution in [-0.2, 0) is 30.1 Å². The Morgan fingerprint density at radius 2 is 1.97 bits per heavy atom. The summed E-state index contributed by atoms with van der Waals surface area (Å²) in [7, 11) is 0. The van der Waals surface area contributed by atoms with Crippen molar-refractivity contribution in [1.29, 1.82) is 0 Å². The summed E-state index contributed by atoms with van der Waals surface area (Å²) in [6.07, 6.45) is -5.50. The van der Waals surface area contributed by atoms with E-state index in [9.17, 15) is 22.4 Å². The number of fused-ring (bicyclic) bond motifs is 1. The molecule has 2 aliphatic rings. The molecule has 0 saturated carbocycles. The van der Waals surface area contributed by atoms with Gasteiger partial charge in [0.1, 0.15) is 5.84 Å². The van der Waals surface area contributed by atoms with Crippen molar-refractivity contribution in [3.8, 4) is 0 Å². The number of rotatable bonds is 4. The van der Waals surface area contributed by atoms with Crippen molar-refractivity contribution in [2.75, 3.05) is 0 Å². The average molecular weight is 564 g/mol. The van der Waals surface area contributed by atoms with Crippen LogP contribution in [0.3, 0.4) is 0 Å². The molecule has 0 bridgehead atoms. The van der Waals surface area contributed by atoms with E-state index >= 15 is 0 Å². The van der Waals surface area contributed by atoms with Crippen molar-refractivity contribution >= 4 is 57.6 Å². The van der Waals surface area contributed by atoms with Gasteiger partial charge in [0.15, 0.2) is 5.82 Å². The number of amidine groups is 1. The van der Waals surface area contributed by atoms with E-state index in [1.807, 2.05) is 17.5 Å². The second-order valence-electron chi connectivity index (χ2n) is 8.03. The van der Waals surface area contributed by atoms with Gasteiger partial charge in [-0.3, -0.25) is 4.79 Å². The summed E-state index contributed by atoms with van der Waals surface area (Å²) in [4.78, 5) is 21.6. The first-order valence-electron chi connectivity index (χ1n) is 10.2. The molecule has 0 radical (unpaired) electrons. The highest BCUT2D eigenvalue weighted by atomic mass is 35.5. The summed E-state index contributed by atoms with van der Waals surface area (Å²) in [6.45, 7) is 1.00. The minimum atomic E-state index is -4.87. The van der Waals surface area contributed by atoms with E-state index in [0.29, 0.717) is 18.0 Å². The van der Waals surface area contributed by atoms with Crippen LogP contribution in [0.1, 0.15) is 37.0 Å². The van der Waals surface area contributed by atoms with E-state index < -0.39 is 39.6 Å². The van der Waals surface area contributed by atoms with Crippen LogP contribution < -0.4 is 5.32 Å². The van der Waals surface area contributed by atoms with E-state index in [2.05, 4.69) is 10.5 Å². The highest BCUT2D eigenvalue weighted by Gasteiger charge is 2.63. The maximum Gasteiger partial charge on any atom is 0.435 e. The lowest BCUT2D eigenvalue weighted by molar-refractivity contribution is -0.275. The van der Waals surface area contributed by atoms with Crippen LogP contribution in [0.25, 0.3) is 0 Å². The molecule has 3 aromatic rings. The summed E-state index contributed by atoms with van der Waals surface area (Å²) < 4.78 is 56.4. The Balaban J connectivity index is 1.30. The number of amides is 1. The van der Waals surface area contributed by atoms with E-state index in [1.54, 1.807) is 22.3 Å². The molecule has 0 fully saturated rings. The van der Waals surface area contributed by atoms with Crippen LogP contribution in [0.4, 0.5) is 17.6 Å². The van der Waals surface area contributed by atoms with Crippen LogP contribution in [0.15, 0.2) is 40.9 Å². The molecule has 1 amide bonds. The molecule has 0 saturated heterocycles. The Morgan fingerprint density at radius 1 is 1.23 bits per heavy atom. The van der Waals surface area contributed by atoms with Gasteiger partial charge in [-0.15, -0.1) is 22.7 Å². The molecular weight excluding hydrogens is 549 g/mol. The van der Waals surface area contributed by atoms with Crippen LogP contribution in [0.5, 0.6) is 0 Å². The number of halogens is 6. The zero-order valence-electron chi connectivity index (χ0n) is 17.6. The van der Waals surface area contributed by atoms with Gasteiger partial charge in [0.05, 0.1) is 34.4 Å². The molecular formula is C22H15Cl2F4N3O2S2. The van der Waals surface area contributed by atoms with Crippen molar-refractivity contribution in [2.45, 2.75) is 37.8 Å². The molecule has 1 N–H and O–H groups in total. The first kappa shape index (κ1) is 24.4. The first-order chi connectivity index (χ1) is 16.6. The quantitative estimate of drug-likeness (QED) is 0.284. The Bertz CT molecular complexity index is 1280. The van der Waals surface area contributed by atoms with Crippen LogP contribution in [0.2, 0.25) is 10.0 Å². The first-order valence-corrected chi connectivity index (χ1v) is 12.7. The zero-order valence-corrected chi connectivity index (χ0v) is 20.7. The number of benzene rings is 1. The standard InChI is InChI=1S/C22H15Cl2F4N3O2S2/c23-14-5-12(6-15(24)19(14)25)21(22(26,27)28)7-18(30-33-21)31-9-11-4-16(35-17(11)10-31)20(32)29-8-13-2-1-3-34-13/h1-6H,7-10H2,(H,29,32). The molecule has 0 aliphatic carbocycles. The van der Waals surface area contributed by atoms with Gasteiger partial charge < -0.3 is 15.1 Å². The molecule has 2 aliphatic heterocycles. The number of nitrogens with one attached hydrogen (secondary N) is 1. The lowest BCUT2D eigenvalue weighted by Crippen LogP contribution is -2.44. The van der Waals surface area contributed by atoms with Gasteiger partial charge in [0, 0.05) is 21.9 Å². The summed E-state index contributed by atoms with van der Waals surface area (Å²) in [6, 6.07) is 7.29. The number of nitrogens with zero attached hydrogens (tertiary/aromatic N) is 2. The third-order valence-corrected chi connectivity index (χ3v) is 8.39. The van der Waals surface area contributed by atoms with E-state index in [0.717, 1.165) is 27.5 Å². The monoisotopic (exact) mass is 563 g/mol. The number of thiophene rings is 2. The fourth-order valence-corrected chi connectivity index (χ4v) is 6.22. The van der Waals surface area contributed by atoms with Crippen molar-refractivity contribution < 1.29 is 27.2 Å². The Morgan fingerprint density at radius 3 is 2.60 bits per heavy atom. The number of carbonyl (C=O) groups excluding carboxylic acids is 1. The Hall–Kier alpha value is -2.34. The van der Waals surface area contributed by atoms with Gasteiger partial charge in [-0.2, -0.15) is 13.2 Å². The molecule has 1 unspecified atom stereocenters. The van der Waals surface area contributed by atoms with E-state index in [1.165, 1.54) is 11.3 Å². The van der Waals surface area contributed by atoms with E-state index in [4.69, 9.17) is 28.0 Å². The minimum Gasteiger partial charge on any atom is -0.372 e. The predicted molar refractivity (Wildman–Crippen MR) is 126 cm³/mol. The topological polar surface area (TPSA) is 53.9 Å². The summed E-state index contributed by atoms with van der Waals surface area (Å²) in [5.74, 6) is -1.12. The zero-order chi connectivity index (χ0) is 25.0. The van der Waals surface area contributed by atoms with Gasteiger partial charge in [-0.25, -0.2) is 4.39 Å². The van der Waals surface area contributed by atoms with Gasteiger partial charge in [-0.05, 0) is 35.2 Å². The van der Waals surface area contributed by atoms with Gasteiger partial charge in [0.25, 0.3) is 11.5 Å². The van der Waals surface area contributed by atoms with Crippen molar-refractivity contribution in [3.63, 3.8) is 0 Å². The molecule has 35 heavy (non-hydrogen) atoms. The molecule has 5 nitrogen and oxygen atoms in total. The number of hydrogen-bond acceptors (Lipinski definition) is 6. The average Bonchev–Trinajstić information content (AvgIpc) is 3.57. The predicted octanol–water partition coefficient (Wildman–Crippen LogP) is 6.69. The summed E-state index contributed by atoms with van der Waals surface area (Å²) in [5.41, 5.74) is -2.43. The SMILES string of the molecule is O=C(NCc1cccs1)c1cc2c(s1)CN(C1=NOC(c3cc(Cl)c(F)c(Cl)c3)(C(F)(F)F)C1)C2. The largest absolute Gasteiger partial charge is 0.435 e. The summed E-state index contributed by atoms with van der Waals surface area (Å²) >= 11 is 14.3. The normalized spacial score (nSPS) is 19.5. The Kier molecular flexibility index (Phi) is 6.23. The Labute approximate surface area is 214 Å². The molecule has 1 aromatic carbocycles. The maximum atomic E-state index is 14.2. The maximum absolute atomic E-state index is 14.2. The fraction of sp³-hybridized carbons (Fsp3) is 0.273. The summed E-state index contributed by atoms with van der Waals surface area (Å²) in [5, 5.41) is 7.46. The van der Waals surface area contributed by atoms with Gasteiger partial charge >= 0.3 is 6.18 Å². The molecule has 184 valence electrons. The van der Waals surface area contributed by atoms with Crippen molar-refractivity contribution in [3.05, 3.63) is 77.3 Å². The van der Waals surface area contributed by atoms with Crippen LogP contribution in [-0.4, -0.2) is 22.8 Å². The highest BCUT2D eigenvalue weighted by molar-refractivity contribution is 7.14. The van der Waals surface area contributed by atoms with Crippen molar-refractivity contribution in [2.24, 2.45) is 5.16 Å². The molecule has 4 heterocycles. The number of hydrogen-bond donors (Lipinski definition) is 1. The van der Waals surface area contributed by atoms with Crippen LogP contribution >= 0.6 is 45.9 Å². The lowest BCUT2D eigenvalue weighted by atomic mass is 9.89. The molecule has 13 heteroatoms. The second-order valence-corrected chi connectivity index (χ2v) is 11.0. The number of alkyl halides is 3. The van der Waals surface area contributed by atoms with Crippen LogP contribution in [0, 0.1) is 5.82 Å². The third-order valence-electron chi connectivity index (χ3n) is 5.81. The second kappa shape index (κ2) is 8.95. The molecule has 1 atom stereocenters. The van der Waals surface area contributed by atoms with Crippen molar-refractivity contribution in [1.82, 2.24) is 10.2 Å². The fourth-order valence-electron chi connectivity index (χ4n) is 3.98. The highest BCUT2D eigenvalue weighted by Crippen LogP contribution is 2.50. The number of oxime groups is 1. The molecule has 0 spiro atoms. The smallest absolute Gasteiger partial charge is 0.372 e. The third kappa shape index (κ3) is 4.39. The van der Waals surface area contributed by atoms with E-state index in [-0.39, 0.29) is 18.3 Å². The van der Waals surface area contributed by atoms with Gasteiger partial charge in [0.2, 0.25) is 0 Å². The number of carbonyl (C=O) groups is 1. The minimum absolute atomic E-state index is 0.0889. The lowest BCUT2D eigenvalue weighted by Gasteiger charge is -2.30. The van der Waals surface area contributed by atoms with Gasteiger partial charge in [-0.1, -0.05) is 34.4 Å². The molecule has 5 rings (SSSR count).